The quantitative estimate of drug-likeness (QED) is 0.597. The van der Waals surface area contributed by atoms with Gasteiger partial charge in [-0.05, 0) is 25.2 Å². The normalized spacial score (nSPS) is 11.7. The number of aromatic nitrogens is 1. The third-order valence-electron chi connectivity index (χ3n) is 2.98. The Hall–Kier alpha value is -1.83. The summed E-state index contributed by atoms with van der Waals surface area (Å²) in [6.07, 6.45) is -4.56. The van der Waals surface area contributed by atoms with Crippen molar-refractivity contribution in [2.75, 3.05) is 26.2 Å². The van der Waals surface area contributed by atoms with Gasteiger partial charge in [0, 0.05) is 6.54 Å². The van der Waals surface area contributed by atoms with Gasteiger partial charge in [0.05, 0.1) is 5.56 Å². The number of nitrogen functional groups attached to an aromatic ring is 1. The van der Waals surface area contributed by atoms with Crippen molar-refractivity contribution in [3.63, 3.8) is 0 Å². The number of ether oxygens (including phenoxy) is 1. The molecular weight excluding hydrogens is 285 g/mol. The van der Waals surface area contributed by atoms with Crippen LogP contribution in [0.25, 0.3) is 0 Å². The number of halogens is 3. The molecule has 0 saturated heterocycles. The molecule has 3 N–H and O–H groups in total. The second kappa shape index (κ2) is 7.26. The molecule has 1 aromatic rings. The molecule has 1 aromatic heterocycles. The Morgan fingerprint density at radius 1 is 1.33 bits per heavy atom. The first-order valence-electron chi connectivity index (χ1n) is 6.57. The van der Waals surface area contributed by atoms with Crippen LogP contribution in [0.4, 0.5) is 13.2 Å². The molecule has 0 radical (unpaired) electrons. The third-order valence-corrected chi connectivity index (χ3v) is 2.98. The number of rotatable bonds is 7. The van der Waals surface area contributed by atoms with E-state index in [0.717, 1.165) is 25.2 Å². The van der Waals surface area contributed by atoms with Gasteiger partial charge >= 0.3 is 6.18 Å². The Balaban J connectivity index is 2.89. The molecule has 118 valence electrons. The zero-order chi connectivity index (χ0) is 16.0. The highest BCUT2D eigenvalue weighted by atomic mass is 19.4. The van der Waals surface area contributed by atoms with Crippen molar-refractivity contribution in [3.8, 4) is 5.88 Å². The van der Waals surface area contributed by atoms with Gasteiger partial charge in [-0.3, -0.25) is 5.41 Å². The van der Waals surface area contributed by atoms with E-state index in [4.69, 9.17) is 15.9 Å². The number of alkyl halides is 3. The highest BCUT2D eigenvalue weighted by molar-refractivity contribution is 5.97. The first kappa shape index (κ1) is 17.2. The van der Waals surface area contributed by atoms with Crippen LogP contribution >= 0.6 is 0 Å². The molecule has 0 atom stereocenters. The maximum Gasteiger partial charge on any atom is 0.433 e. The molecular formula is C13H19F3N4O. The summed E-state index contributed by atoms with van der Waals surface area (Å²) >= 11 is 0. The van der Waals surface area contributed by atoms with Gasteiger partial charge in [-0.15, -0.1) is 0 Å². The van der Waals surface area contributed by atoms with Crippen molar-refractivity contribution in [2.45, 2.75) is 20.0 Å². The van der Waals surface area contributed by atoms with Crippen LogP contribution in [-0.2, 0) is 6.18 Å². The molecule has 0 amide bonds. The summed E-state index contributed by atoms with van der Waals surface area (Å²) in [7, 11) is 0. The topological polar surface area (TPSA) is 75.2 Å². The van der Waals surface area contributed by atoms with Gasteiger partial charge in [0.25, 0.3) is 0 Å². The lowest BCUT2D eigenvalue weighted by Gasteiger charge is -2.18. The molecule has 0 aliphatic carbocycles. The first-order chi connectivity index (χ1) is 9.79. The minimum Gasteiger partial charge on any atom is -0.476 e. The van der Waals surface area contributed by atoms with Gasteiger partial charge in [0.15, 0.2) is 0 Å². The molecule has 0 bridgehead atoms. The molecule has 8 heteroatoms. The Morgan fingerprint density at radius 3 is 2.43 bits per heavy atom. The largest absolute Gasteiger partial charge is 0.476 e. The zero-order valence-electron chi connectivity index (χ0n) is 12.0. The smallest absolute Gasteiger partial charge is 0.433 e. The summed E-state index contributed by atoms with van der Waals surface area (Å²) in [5.41, 5.74) is 4.32. The van der Waals surface area contributed by atoms with Crippen LogP contribution in [0.15, 0.2) is 12.1 Å². The molecule has 0 saturated carbocycles. The Bertz CT molecular complexity index is 487. The van der Waals surface area contributed by atoms with Crippen molar-refractivity contribution >= 4 is 5.84 Å². The number of pyridine rings is 1. The highest BCUT2D eigenvalue weighted by Crippen LogP contribution is 2.30. The van der Waals surface area contributed by atoms with Crippen molar-refractivity contribution in [2.24, 2.45) is 5.73 Å². The summed E-state index contributed by atoms with van der Waals surface area (Å²) < 4.78 is 43.2. The van der Waals surface area contributed by atoms with E-state index in [1.165, 1.54) is 0 Å². The third kappa shape index (κ3) is 4.89. The van der Waals surface area contributed by atoms with Gasteiger partial charge in [-0.2, -0.15) is 13.2 Å². The average molecular weight is 304 g/mol. The summed E-state index contributed by atoms with van der Waals surface area (Å²) in [5, 5.41) is 7.36. The Kier molecular flexibility index (Phi) is 5.95. The predicted octanol–water partition coefficient (Wildman–Crippen LogP) is 2.11. The lowest BCUT2D eigenvalue weighted by molar-refractivity contribution is -0.141. The van der Waals surface area contributed by atoms with E-state index in [1.807, 2.05) is 13.8 Å². The average Bonchev–Trinajstić information content (AvgIpc) is 2.42. The number of nitrogens with two attached hydrogens (primary N) is 1. The maximum atomic E-state index is 12.6. The van der Waals surface area contributed by atoms with Crippen molar-refractivity contribution in [1.29, 1.82) is 5.41 Å². The Labute approximate surface area is 121 Å². The van der Waals surface area contributed by atoms with E-state index in [2.05, 4.69) is 9.88 Å². The maximum absolute atomic E-state index is 12.6. The van der Waals surface area contributed by atoms with Gasteiger partial charge in [-0.1, -0.05) is 13.8 Å². The van der Waals surface area contributed by atoms with Crippen LogP contribution in [0.2, 0.25) is 0 Å². The minimum atomic E-state index is -4.56. The zero-order valence-corrected chi connectivity index (χ0v) is 12.0. The van der Waals surface area contributed by atoms with E-state index < -0.39 is 11.9 Å². The fourth-order valence-corrected chi connectivity index (χ4v) is 1.72. The van der Waals surface area contributed by atoms with E-state index in [0.29, 0.717) is 6.54 Å². The summed E-state index contributed by atoms with van der Waals surface area (Å²) in [5.74, 6) is -0.640. The molecule has 0 unspecified atom stereocenters. The fourth-order valence-electron chi connectivity index (χ4n) is 1.72. The SMILES string of the molecule is CCN(CC)CCOc1nc(C(F)(F)F)ccc1C(=N)N. The highest BCUT2D eigenvalue weighted by Gasteiger charge is 2.33. The molecule has 5 nitrogen and oxygen atoms in total. The first-order valence-corrected chi connectivity index (χ1v) is 6.57. The van der Waals surface area contributed by atoms with E-state index in [9.17, 15) is 13.2 Å². The number of nitrogens with one attached hydrogen (secondary N) is 1. The molecule has 0 aliphatic heterocycles. The van der Waals surface area contributed by atoms with Crippen LogP contribution in [0, 0.1) is 5.41 Å². The predicted molar refractivity (Wildman–Crippen MR) is 73.5 cm³/mol. The van der Waals surface area contributed by atoms with Crippen LogP contribution in [0.3, 0.4) is 0 Å². The Morgan fingerprint density at radius 2 is 1.95 bits per heavy atom. The standard InChI is InChI=1S/C13H19F3N4O/c1-3-20(4-2)7-8-21-12-9(11(17)18)5-6-10(19-12)13(14,15)16/h5-6H,3-4,7-8H2,1-2H3,(H3,17,18). The van der Waals surface area contributed by atoms with Crippen LogP contribution in [-0.4, -0.2) is 42.0 Å². The summed E-state index contributed by atoms with van der Waals surface area (Å²) in [6, 6.07) is 1.89. The summed E-state index contributed by atoms with van der Waals surface area (Å²) in [4.78, 5) is 5.48. The monoisotopic (exact) mass is 304 g/mol. The van der Waals surface area contributed by atoms with Gasteiger partial charge < -0.3 is 15.4 Å². The minimum absolute atomic E-state index is 0.0579. The lowest BCUT2D eigenvalue weighted by atomic mass is 10.2. The molecule has 0 aromatic carbocycles. The van der Waals surface area contributed by atoms with Crippen molar-refractivity contribution in [1.82, 2.24) is 9.88 Å². The van der Waals surface area contributed by atoms with Gasteiger partial charge in [0.1, 0.15) is 18.1 Å². The number of nitrogens with zero attached hydrogens (tertiary/aromatic N) is 2. The molecule has 0 spiro atoms. The molecule has 1 rings (SSSR count). The fraction of sp³-hybridized carbons (Fsp3) is 0.538. The summed E-state index contributed by atoms with van der Waals surface area (Å²) in [6.45, 7) is 6.32. The number of likely N-dealkylation sites (N-methyl/N-ethyl adjacent to an activating group) is 1. The van der Waals surface area contributed by atoms with Crippen molar-refractivity contribution in [3.05, 3.63) is 23.4 Å². The molecule has 0 fully saturated rings. The van der Waals surface area contributed by atoms with Gasteiger partial charge in [-0.25, -0.2) is 4.98 Å². The van der Waals surface area contributed by atoms with E-state index in [1.54, 1.807) is 0 Å². The number of amidine groups is 1. The van der Waals surface area contributed by atoms with Gasteiger partial charge in [0.2, 0.25) is 5.88 Å². The molecule has 21 heavy (non-hydrogen) atoms. The van der Waals surface area contributed by atoms with Crippen LogP contribution in [0.5, 0.6) is 5.88 Å². The molecule has 0 aliphatic rings. The second-order valence-corrected chi connectivity index (χ2v) is 4.34. The van der Waals surface area contributed by atoms with Crippen molar-refractivity contribution < 1.29 is 17.9 Å². The second-order valence-electron chi connectivity index (χ2n) is 4.34. The van der Waals surface area contributed by atoms with E-state index in [-0.39, 0.29) is 23.9 Å². The van der Waals surface area contributed by atoms with E-state index >= 15 is 0 Å². The lowest BCUT2D eigenvalue weighted by Crippen LogP contribution is -2.28. The van der Waals surface area contributed by atoms with Crippen LogP contribution < -0.4 is 10.5 Å². The number of hydrogen-bond donors (Lipinski definition) is 2. The van der Waals surface area contributed by atoms with Crippen LogP contribution in [0.1, 0.15) is 25.1 Å². The molecule has 1 heterocycles. The number of hydrogen-bond acceptors (Lipinski definition) is 4.